The van der Waals surface area contributed by atoms with Crippen molar-refractivity contribution in [3.63, 3.8) is 0 Å². The van der Waals surface area contributed by atoms with Crippen LogP contribution in [0.2, 0.25) is 0 Å². The van der Waals surface area contributed by atoms with Gasteiger partial charge in [0.2, 0.25) is 0 Å². The van der Waals surface area contributed by atoms with Crippen molar-refractivity contribution in [2.24, 2.45) is 5.92 Å². The zero-order valence-electron chi connectivity index (χ0n) is 17.5. The summed E-state index contributed by atoms with van der Waals surface area (Å²) < 4.78 is 3.55. The number of hydrogen-bond acceptors (Lipinski definition) is 5. The second-order valence-electron chi connectivity index (χ2n) is 8.44. The van der Waals surface area contributed by atoms with Crippen LogP contribution < -0.4 is 5.32 Å². The fourth-order valence-electron chi connectivity index (χ4n) is 4.92. The maximum absolute atomic E-state index is 13.6. The first-order valence-electron chi connectivity index (χ1n) is 10.7. The van der Waals surface area contributed by atoms with Crippen LogP contribution in [-0.2, 0) is 0 Å². The van der Waals surface area contributed by atoms with E-state index in [1.54, 1.807) is 10.9 Å². The highest BCUT2D eigenvalue weighted by Gasteiger charge is 2.54. The molecule has 6 rings (SSSR count). The van der Waals surface area contributed by atoms with Gasteiger partial charge in [-0.15, -0.1) is 11.3 Å². The topological polar surface area (TPSA) is 84.5 Å². The summed E-state index contributed by atoms with van der Waals surface area (Å²) in [5, 5.41) is 9.28. The van der Waals surface area contributed by atoms with Crippen molar-refractivity contribution in [3.05, 3.63) is 71.3 Å². The Hall–Kier alpha value is -3.46. The van der Waals surface area contributed by atoms with Crippen LogP contribution in [0.3, 0.4) is 0 Å². The minimum atomic E-state index is -0.154. The molecule has 2 unspecified atom stereocenters. The monoisotopic (exact) mass is 446 g/mol. The summed E-state index contributed by atoms with van der Waals surface area (Å²) in [5.74, 6) is 0.373. The molecule has 3 atom stereocenters. The first-order valence-corrected chi connectivity index (χ1v) is 11.6. The average molecular weight is 447 g/mol. The number of benzene rings is 1. The Morgan fingerprint density at radius 1 is 1.19 bits per heavy atom. The van der Waals surface area contributed by atoms with Crippen LogP contribution in [-0.4, -0.2) is 54.5 Å². The number of nitrogens with one attached hydrogen (secondary N) is 1. The smallest absolute Gasteiger partial charge is 0.270 e. The SMILES string of the molecule is Cc1nc2sccn2c1C(=O)NCC1CC2C[C@@H]2N1C(=O)c1ccccc1-n1cccn1. The van der Waals surface area contributed by atoms with Crippen molar-refractivity contribution in [2.45, 2.75) is 31.8 Å². The van der Waals surface area contributed by atoms with E-state index in [1.807, 2.05) is 64.3 Å². The van der Waals surface area contributed by atoms with Crippen molar-refractivity contribution in [3.8, 4) is 5.69 Å². The van der Waals surface area contributed by atoms with E-state index in [-0.39, 0.29) is 23.9 Å². The summed E-state index contributed by atoms with van der Waals surface area (Å²) in [5.41, 5.74) is 2.67. The van der Waals surface area contributed by atoms with Crippen molar-refractivity contribution >= 4 is 28.1 Å². The van der Waals surface area contributed by atoms with E-state index in [9.17, 15) is 9.59 Å². The number of fused-ring (bicyclic) bond motifs is 2. The van der Waals surface area contributed by atoms with Crippen LogP contribution >= 0.6 is 11.3 Å². The number of hydrogen-bond donors (Lipinski definition) is 1. The molecule has 0 spiro atoms. The van der Waals surface area contributed by atoms with Gasteiger partial charge in [-0.3, -0.25) is 14.0 Å². The maximum Gasteiger partial charge on any atom is 0.270 e. The molecule has 0 radical (unpaired) electrons. The Bertz CT molecular complexity index is 1320. The van der Waals surface area contributed by atoms with Crippen molar-refractivity contribution in [2.75, 3.05) is 6.54 Å². The number of rotatable bonds is 5. The minimum Gasteiger partial charge on any atom is -0.349 e. The Kier molecular flexibility index (Phi) is 4.39. The Labute approximate surface area is 188 Å². The lowest BCUT2D eigenvalue weighted by Crippen LogP contribution is -2.45. The molecule has 4 aromatic rings. The molecule has 1 saturated carbocycles. The molecule has 1 aliphatic carbocycles. The lowest BCUT2D eigenvalue weighted by molar-refractivity contribution is 0.0688. The summed E-state index contributed by atoms with van der Waals surface area (Å²) >= 11 is 1.50. The molecule has 3 aromatic heterocycles. The molecule has 1 aromatic carbocycles. The lowest BCUT2D eigenvalue weighted by atomic mass is 10.1. The van der Waals surface area contributed by atoms with Gasteiger partial charge >= 0.3 is 0 Å². The van der Waals surface area contributed by atoms with Crippen LogP contribution in [0.5, 0.6) is 0 Å². The third-order valence-corrected chi connectivity index (χ3v) is 7.24. The van der Waals surface area contributed by atoms with Gasteiger partial charge in [0.25, 0.3) is 11.8 Å². The first kappa shape index (κ1) is 19.2. The van der Waals surface area contributed by atoms with Crippen molar-refractivity contribution in [1.29, 1.82) is 0 Å². The molecule has 162 valence electrons. The van der Waals surface area contributed by atoms with E-state index in [0.29, 0.717) is 29.4 Å². The summed E-state index contributed by atoms with van der Waals surface area (Å²) in [6.45, 7) is 2.28. The van der Waals surface area contributed by atoms with Crippen LogP contribution in [0.4, 0.5) is 0 Å². The van der Waals surface area contributed by atoms with Crippen LogP contribution in [0.15, 0.2) is 54.3 Å². The number of likely N-dealkylation sites (tertiary alicyclic amines) is 1. The number of para-hydroxylation sites is 1. The first-order chi connectivity index (χ1) is 15.6. The van der Waals surface area contributed by atoms with E-state index in [1.165, 1.54) is 11.3 Å². The fourth-order valence-corrected chi connectivity index (χ4v) is 5.68. The molecule has 8 nitrogen and oxygen atoms in total. The summed E-state index contributed by atoms with van der Waals surface area (Å²) in [6, 6.07) is 9.64. The Morgan fingerprint density at radius 2 is 2.06 bits per heavy atom. The molecular weight excluding hydrogens is 424 g/mol. The van der Waals surface area contributed by atoms with Gasteiger partial charge in [-0.25, -0.2) is 9.67 Å². The normalized spacial score (nSPS) is 21.7. The summed E-state index contributed by atoms with van der Waals surface area (Å²) in [6.07, 6.45) is 7.36. The van der Waals surface area contributed by atoms with Gasteiger partial charge in [-0.1, -0.05) is 12.1 Å². The number of nitrogens with zero attached hydrogens (tertiary/aromatic N) is 5. The molecule has 0 bridgehead atoms. The predicted octanol–water partition coefficient (Wildman–Crippen LogP) is 2.92. The van der Waals surface area contributed by atoms with Crippen LogP contribution in [0, 0.1) is 12.8 Å². The van der Waals surface area contributed by atoms with Crippen molar-refractivity contribution < 1.29 is 9.59 Å². The molecule has 1 aliphatic heterocycles. The zero-order valence-corrected chi connectivity index (χ0v) is 18.3. The molecular formula is C23H22N6O2S. The minimum absolute atomic E-state index is 0.00103. The molecule has 32 heavy (non-hydrogen) atoms. The summed E-state index contributed by atoms with van der Waals surface area (Å²) in [7, 11) is 0. The summed E-state index contributed by atoms with van der Waals surface area (Å²) in [4.78, 5) is 33.8. The highest BCUT2D eigenvalue weighted by atomic mass is 32.1. The third-order valence-electron chi connectivity index (χ3n) is 6.48. The number of piperidine rings is 1. The standard InChI is InChI=1S/C23H22N6O2S/c1-14-20(27-9-10-32-23(27)26-14)21(30)24-13-16-11-15-12-19(15)29(16)22(31)17-5-2-3-6-18(17)28-8-4-7-25-28/h2-10,15-16,19H,11-13H2,1H3,(H,24,30)/t15?,16?,19-/m0/s1. The number of carbonyl (C=O) groups excluding carboxylic acids is 2. The van der Waals surface area contributed by atoms with E-state index in [2.05, 4.69) is 15.4 Å². The van der Waals surface area contributed by atoms with Crippen LogP contribution in [0.25, 0.3) is 10.6 Å². The lowest BCUT2D eigenvalue weighted by Gasteiger charge is -2.28. The molecule has 9 heteroatoms. The Balaban J connectivity index is 1.23. The largest absolute Gasteiger partial charge is 0.349 e. The van der Waals surface area contributed by atoms with Gasteiger partial charge in [0.15, 0.2) is 4.96 Å². The van der Waals surface area contributed by atoms with E-state index in [4.69, 9.17) is 0 Å². The van der Waals surface area contributed by atoms with E-state index in [0.717, 1.165) is 23.5 Å². The number of amides is 2. The maximum atomic E-state index is 13.6. The molecule has 1 saturated heterocycles. The number of carbonyl (C=O) groups is 2. The highest BCUT2D eigenvalue weighted by molar-refractivity contribution is 7.15. The molecule has 2 fully saturated rings. The highest BCUT2D eigenvalue weighted by Crippen LogP contribution is 2.48. The van der Waals surface area contributed by atoms with Gasteiger partial charge in [0, 0.05) is 36.6 Å². The third kappa shape index (κ3) is 3.03. The molecule has 4 heterocycles. The molecule has 1 N–H and O–H groups in total. The average Bonchev–Trinajstić information content (AvgIpc) is 3.26. The predicted molar refractivity (Wildman–Crippen MR) is 120 cm³/mol. The van der Waals surface area contributed by atoms with Gasteiger partial charge in [-0.05, 0) is 43.9 Å². The van der Waals surface area contributed by atoms with E-state index >= 15 is 0 Å². The number of aryl methyl sites for hydroxylation is 1. The van der Waals surface area contributed by atoms with Gasteiger partial charge in [0.05, 0.1) is 23.0 Å². The Morgan fingerprint density at radius 3 is 2.91 bits per heavy atom. The molecule has 2 amide bonds. The van der Waals surface area contributed by atoms with Gasteiger partial charge < -0.3 is 10.2 Å². The number of aromatic nitrogens is 4. The molecule has 2 aliphatic rings. The van der Waals surface area contributed by atoms with E-state index < -0.39 is 0 Å². The van der Waals surface area contributed by atoms with Gasteiger partial charge in [0.1, 0.15) is 5.69 Å². The number of thiazole rings is 1. The quantitative estimate of drug-likeness (QED) is 0.511. The van der Waals surface area contributed by atoms with Gasteiger partial charge in [-0.2, -0.15) is 5.10 Å². The second kappa shape index (κ2) is 7.30. The second-order valence-corrected chi connectivity index (χ2v) is 9.32. The van der Waals surface area contributed by atoms with Crippen LogP contribution in [0.1, 0.15) is 39.4 Å². The van der Waals surface area contributed by atoms with Crippen molar-refractivity contribution in [1.82, 2.24) is 29.4 Å². The zero-order chi connectivity index (χ0) is 21.8. The number of imidazole rings is 1. The fraction of sp³-hybridized carbons (Fsp3) is 0.304.